The first-order valence-corrected chi connectivity index (χ1v) is 7.89. The minimum atomic E-state index is -3.42. The molecule has 0 heterocycles. The highest BCUT2D eigenvalue weighted by Crippen LogP contribution is 2.53. The zero-order chi connectivity index (χ0) is 14.3. The van der Waals surface area contributed by atoms with E-state index in [-0.39, 0.29) is 19.1 Å². The van der Waals surface area contributed by atoms with Crippen LogP contribution in [0.25, 0.3) is 0 Å². The lowest BCUT2D eigenvalue weighted by atomic mass is 10.3. The fraction of sp³-hybridized carbons (Fsp3) is 0.462. The van der Waals surface area contributed by atoms with Crippen molar-refractivity contribution in [3.05, 3.63) is 30.3 Å². The lowest BCUT2D eigenvalue weighted by Crippen LogP contribution is -2.27. The quantitative estimate of drug-likeness (QED) is 0.781. The predicted molar refractivity (Wildman–Crippen MR) is 75.4 cm³/mol. The number of rotatable bonds is 7. The summed E-state index contributed by atoms with van der Waals surface area (Å²) in [5.41, 5.74) is -0.202. The van der Waals surface area contributed by atoms with E-state index in [0.29, 0.717) is 5.69 Å². The number of carbonyl (C=O) groups is 1. The van der Waals surface area contributed by atoms with Gasteiger partial charge in [-0.15, -0.1) is 0 Å². The molecule has 0 spiro atoms. The van der Waals surface area contributed by atoms with Crippen LogP contribution in [-0.4, -0.2) is 24.8 Å². The van der Waals surface area contributed by atoms with Crippen LogP contribution in [0.3, 0.4) is 0 Å². The summed E-state index contributed by atoms with van der Waals surface area (Å²) in [6, 6.07) is 8.99. The van der Waals surface area contributed by atoms with Crippen LogP contribution in [-0.2, 0) is 18.4 Å². The molecule has 19 heavy (non-hydrogen) atoms. The lowest BCUT2D eigenvalue weighted by Gasteiger charge is -2.22. The van der Waals surface area contributed by atoms with Gasteiger partial charge in [-0.2, -0.15) is 0 Å². The minimum Gasteiger partial charge on any atom is -0.325 e. The molecular weight excluding hydrogens is 265 g/mol. The van der Waals surface area contributed by atoms with Gasteiger partial charge in [-0.05, 0) is 32.9 Å². The Kier molecular flexibility index (Phi) is 6.22. The van der Waals surface area contributed by atoms with Crippen molar-refractivity contribution in [3.63, 3.8) is 0 Å². The lowest BCUT2D eigenvalue weighted by molar-refractivity contribution is -0.116. The molecule has 1 rings (SSSR count). The molecule has 0 aliphatic heterocycles. The summed E-state index contributed by atoms with van der Waals surface area (Å²) in [7, 11) is -3.42. The minimum absolute atomic E-state index is 0.236. The van der Waals surface area contributed by atoms with E-state index >= 15 is 0 Å². The second-order valence-electron chi connectivity index (χ2n) is 3.91. The maximum absolute atomic E-state index is 12.4. The topological polar surface area (TPSA) is 64.6 Å². The highest BCUT2D eigenvalue weighted by atomic mass is 31.2. The molecule has 1 N–H and O–H groups in total. The van der Waals surface area contributed by atoms with E-state index in [1.165, 1.54) is 0 Å². The molecule has 0 saturated heterocycles. The van der Waals surface area contributed by atoms with Gasteiger partial charge in [0.1, 0.15) is 5.66 Å². The van der Waals surface area contributed by atoms with E-state index in [1.54, 1.807) is 32.9 Å². The number of nitrogens with one attached hydrogen (secondary N) is 1. The van der Waals surface area contributed by atoms with Gasteiger partial charge in [0.15, 0.2) is 0 Å². The van der Waals surface area contributed by atoms with Crippen LogP contribution in [0.15, 0.2) is 30.3 Å². The Morgan fingerprint density at radius 3 is 2.21 bits per heavy atom. The van der Waals surface area contributed by atoms with Gasteiger partial charge >= 0.3 is 7.60 Å². The molecular formula is C13H20NO4P. The fourth-order valence-electron chi connectivity index (χ4n) is 1.53. The number of carbonyl (C=O) groups excluding carboxylic acids is 1. The molecule has 0 aromatic heterocycles. The van der Waals surface area contributed by atoms with Crippen LogP contribution in [0.4, 0.5) is 5.69 Å². The average molecular weight is 285 g/mol. The molecule has 1 amide bonds. The molecule has 0 bridgehead atoms. The molecule has 6 heteroatoms. The van der Waals surface area contributed by atoms with Crippen molar-refractivity contribution in [2.45, 2.75) is 26.4 Å². The van der Waals surface area contributed by atoms with Gasteiger partial charge in [-0.1, -0.05) is 18.2 Å². The van der Waals surface area contributed by atoms with Crippen LogP contribution in [0.5, 0.6) is 0 Å². The monoisotopic (exact) mass is 285 g/mol. The van der Waals surface area contributed by atoms with Crippen LogP contribution in [0.1, 0.15) is 20.8 Å². The second kappa shape index (κ2) is 7.43. The normalized spacial score (nSPS) is 13.0. The number of anilines is 1. The molecule has 0 aliphatic carbocycles. The Hall–Kier alpha value is -1.16. The molecule has 1 unspecified atom stereocenters. The number of hydrogen-bond acceptors (Lipinski definition) is 4. The third kappa shape index (κ3) is 4.46. The molecule has 106 valence electrons. The Morgan fingerprint density at radius 2 is 1.74 bits per heavy atom. The van der Waals surface area contributed by atoms with E-state index in [1.807, 2.05) is 18.2 Å². The first-order valence-electron chi connectivity index (χ1n) is 6.28. The zero-order valence-corrected chi connectivity index (χ0v) is 12.4. The number of benzene rings is 1. The summed E-state index contributed by atoms with van der Waals surface area (Å²) in [5.74, 6) is -0.378. The third-order valence-corrected chi connectivity index (χ3v) is 4.93. The first-order chi connectivity index (χ1) is 9.03. The predicted octanol–water partition coefficient (Wildman–Crippen LogP) is 3.28. The molecule has 0 fully saturated rings. The standard InChI is InChI=1S/C13H20NO4P/c1-4-17-19(16,18-5-2)11(3)13(15)14-12-9-7-6-8-10-12/h6-11H,4-5H2,1-3H3,(H,14,15). The van der Waals surface area contributed by atoms with Crippen molar-refractivity contribution in [2.75, 3.05) is 18.5 Å². The summed E-state index contributed by atoms with van der Waals surface area (Å²) < 4.78 is 22.8. The van der Waals surface area contributed by atoms with E-state index < -0.39 is 13.3 Å². The number of amides is 1. The highest BCUT2D eigenvalue weighted by molar-refractivity contribution is 7.55. The molecule has 1 aromatic rings. The van der Waals surface area contributed by atoms with Crippen LogP contribution < -0.4 is 5.32 Å². The van der Waals surface area contributed by atoms with Gasteiger partial charge < -0.3 is 14.4 Å². The van der Waals surface area contributed by atoms with Gasteiger partial charge in [0.25, 0.3) is 0 Å². The van der Waals surface area contributed by atoms with Gasteiger partial charge in [-0.25, -0.2) is 0 Å². The Bertz CT molecular complexity index is 439. The van der Waals surface area contributed by atoms with Crippen molar-refractivity contribution in [1.29, 1.82) is 0 Å². The average Bonchev–Trinajstić information content (AvgIpc) is 2.39. The van der Waals surface area contributed by atoms with Crippen molar-refractivity contribution < 1.29 is 18.4 Å². The zero-order valence-electron chi connectivity index (χ0n) is 11.5. The molecule has 1 aromatic carbocycles. The maximum atomic E-state index is 12.4. The summed E-state index contributed by atoms with van der Waals surface area (Å²) in [4.78, 5) is 12.1. The fourth-order valence-corrected chi connectivity index (χ4v) is 3.13. The SMILES string of the molecule is CCOP(=O)(OCC)C(C)C(=O)Nc1ccccc1. The van der Waals surface area contributed by atoms with Crippen molar-refractivity contribution in [3.8, 4) is 0 Å². The van der Waals surface area contributed by atoms with Gasteiger partial charge in [0.05, 0.1) is 13.2 Å². The number of para-hydroxylation sites is 1. The van der Waals surface area contributed by atoms with Crippen LogP contribution in [0, 0.1) is 0 Å². The molecule has 5 nitrogen and oxygen atoms in total. The molecule has 0 radical (unpaired) electrons. The molecule has 0 aliphatic rings. The maximum Gasteiger partial charge on any atom is 0.342 e. The van der Waals surface area contributed by atoms with Crippen LogP contribution >= 0.6 is 7.60 Å². The Balaban J connectivity index is 2.77. The van der Waals surface area contributed by atoms with Gasteiger partial charge in [0, 0.05) is 5.69 Å². The second-order valence-corrected chi connectivity index (χ2v) is 6.28. The van der Waals surface area contributed by atoms with Crippen molar-refractivity contribution >= 4 is 19.2 Å². The number of hydrogen-bond donors (Lipinski definition) is 1. The molecule has 1 atom stereocenters. The van der Waals surface area contributed by atoms with Gasteiger partial charge in [0.2, 0.25) is 5.91 Å². The van der Waals surface area contributed by atoms with Crippen LogP contribution in [0.2, 0.25) is 0 Å². The molecule has 0 saturated carbocycles. The first kappa shape index (κ1) is 15.9. The largest absolute Gasteiger partial charge is 0.342 e. The summed E-state index contributed by atoms with van der Waals surface area (Å²) in [6.07, 6.45) is 0. The summed E-state index contributed by atoms with van der Waals surface area (Å²) in [5, 5.41) is 2.69. The van der Waals surface area contributed by atoms with Crippen molar-refractivity contribution in [2.24, 2.45) is 0 Å². The van der Waals surface area contributed by atoms with E-state index in [2.05, 4.69) is 5.32 Å². The van der Waals surface area contributed by atoms with E-state index in [9.17, 15) is 9.36 Å². The summed E-state index contributed by atoms with van der Waals surface area (Å²) in [6.45, 7) is 5.45. The summed E-state index contributed by atoms with van der Waals surface area (Å²) >= 11 is 0. The highest BCUT2D eigenvalue weighted by Gasteiger charge is 2.37. The smallest absolute Gasteiger partial charge is 0.325 e. The third-order valence-electron chi connectivity index (χ3n) is 2.51. The Morgan fingerprint density at radius 1 is 1.21 bits per heavy atom. The van der Waals surface area contributed by atoms with E-state index in [0.717, 1.165) is 0 Å². The van der Waals surface area contributed by atoms with Crippen molar-refractivity contribution in [1.82, 2.24) is 0 Å². The van der Waals surface area contributed by atoms with Gasteiger partial charge in [-0.3, -0.25) is 9.36 Å². The Labute approximate surface area is 113 Å². The van der Waals surface area contributed by atoms with E-state index in [4.69, 9.17) is 9.05 Å².